The maximum absolute atomic E-state index is 12.6. The Labute approximate surface area is 153 Å². The molecular formula is C18H24N6O2. The molecule has 3 heterocycles. The molecule has 138 valence electrons. The minimum absolute atomic E-state index is 0.133. The number of piperazine rings is 1. The molecule has 8 nitrogen and oxygen atoms in total. The summed E-state index contributed by atoms with van der Waals surface area (Å²) in [6.45, 7) is 6.12. The van der Waals surface area contributed by atoms with Crippen LogP contribution in [0, 0.1) is 0 Å². The predicted molar refractivity (Wildman–Crippen MR) is 96.7 cm³/mol. The minimum atomic E-state index is -0.194. The zero-order chi connectivity index (χ0) is 18.5. The molecule has 0 unspecified atom stereocenters. The average Bonchev–Trinajstić information content (AvgIpc) is 3.18. The Morgan fingerprint density at radius 3 is 2.62 bits per heavy atom. The Morgan fingerprint density at radius 1 is 1.19 bits per heavy atom. The van der Waals surface area contributed by atoms with Gasteiger partial charge in [0.15, 0.2) is 0 Å². The summed E-state index contributed by atoms with van der Waals surface area (Å²) < 4.78 is 1.26. The zero-order valence-corrected chi connectivity index (χ0v) is 15.2. The van der Waals surface area contributed by atoms with Gasteiger partial charge < -0.3 is 9.80 Å². The highest BCUT2D eigenvalue weighted by molar-refractivity contribution is 5.94. The Hall–Kier alpha value is -2.74. The average molecular weight is 356 g/mol. The molecule has 0 spiro atoms. The Balaban J connectivity index is 1.55. The van der Waals surface area contributed by atoms with Gasteiger partial charge in [-0.15, -0.1) is 0 Å². The molecule has 0 N–H and O–H groups in total. The predicted octanol–water partition coefficient (Wildman–Crippen LogP) is 1.16. The number of pyridine rings is 1. The summed E-state index contributed by atoms with van der Waals surface area (Å²) >= 11 is 0. The summed E-state index contributed by atoms with van der Waals surface area (Å²) in [5, 5.41) is 4.07. The molecule has 2 aromatic rings. The van der Waals surface area contributed by atoms with Crippen LogP contribution in [-0.4, -0.2) is 81.2 Å². The third-order valence-corrected chi connectivity index (χ3v) is 4.60. The molecular weight excluding hydrogens is 332 g/mol. The van der Waals surface area contributed by atoms with Crippen molar-refractivity contribution < 1.29 is 9.59 Å². The molecule has 0 radical (unpaired) electrons. The van der Waals surface area contributed by atoms with Crippen molar-refractivity contribution in [2.45, 2.75) is 13.5 Å². The van der Waals surface area contributed by atoms with Gasteiger partial charge in [0.1, 0.15) is 0 Å². The van der Waals surface area contributed by atoms with Crippen molar-refractivity contribution in [2.75, 3.05) is 39.8 Å². The van der Waals surface area contributed by atoms with E-state index in [1.165, 1.54) is 17.1 Å². The first kappa shape index (κ1) is 18.1. The second-order valence-corrected chi connectivity index (χ2v) is 6.36. The second-order valence-electron chi connectivity index (χ2n) is 6.36. The Kier molecular flexibility index (Phi) is 5.62. The monoisotopic (exact) mass is 356 g/mol. The topological polar surface area (TPSA) is 74.6 Å². The third-order valence-electron chi connectivity index (χ3n) is 4.60. The number of rotatable bonds is 4. The van der Waals surface area contributed by atoms with E-state index < -0.39 is 0 Å². The van der Waals surface area contributed by atoms with Crippen molar-refractivity contribution in [3.05, 3.63) is 48.0 Å². The fraction of sp³-hybridized carbons (Fsp3) is 0.444. The van der Waals surface area contributed by atoms with Crippen molar-refractivity contribution in [3.8, 4) is 0 Å². The number of hydrogen-bond donors (Lipinski definition) is 0. The maximum atomic E-state index is 12.6. The van der Waals surface area contributed by atoms with Gasteiger partial charge in [-0.05, 0) is 19.1 Å². The highest BCUT2D eigenvalue weighted by Crippen LogP contribution is 2.09. The number of amides is 2. The first-order valence-electron chi connectivity index (χ1n) is 8.80. The Morgan fingerprint density at radius 2 is 1.96 bits per heavy atom. The molecule has 2 aromatic heterocycles. The van der Waals surface area contributed by atoms with E-state index in [4.69, 9.17) is 0 Å². The fourth-order valence-electron chi connectivity index (χ4n) is 2.86. The lowest BCUT2D eigenvalue weighted by atomic mass is 10.3. The molecule has 1 saturated heterocycles. The number of carbonyl (C=O) groups excluding carboxylic acids is 2. The van der Waals surface area contributed by atoms with Gasteiger partial charge in [-0.1, -0.05) is 6.07 Å². The lowest BCUT2D eigenvalue weighted by Gasteiger charge is -2.34. The summed E-state index contributed by atoms with van der Waals surface area (Å²) in [4.78, 5) is 34.7. The van der Waals surface area contributed by atoms with Crippen molar-refractivity contribution in [2.24, 2.45) is 0 Å². The normalized spacial score (nSPS) is 15.1. The van der Waals surface area contributed by atoms with E-state index in [1.807, 2.05) is 25.1 Å². The molecule has 0 aliphatic carbocycles. The first-order chi connectivity index (χ1) is 12.6. The standard InChI is InChI=1S/C18H24N6O2/c1-3-21(2)17(25)15-12-20-24(13-15)18(26)23-10-8-22(9-11-23)14-16-6-4-5-7-19-16/h4-7,12-13H,3,8-11,14H2,1-2H3. The van der Waals surface area contributed by atoms with Crippen LogP contribution in [0.25, 0.3) is 0 Å². The van der Waals surface area contributed by atoms with E-state index in [0.717, 1.165) is 25.3 Å². The molecule has 8 heteroatoms. The SMILES string of the molecule is CCN(C)C(=O)c1cnn(C(=O)N2CCN(Cc3ccccn3)CC2)c1. The molecule has 26 heavy (non-hydrogen) atoms. The van der Waals surface area contributed by atoms with E-state index in [-0.39, 0.29) is 11.9 Å². The molecule has 1 aliphatic rings. The zero-order valence-electron chi connectivity index (χ0n) is 15.2. The van der Waals surface area contributed by atoms with Crippen LogP contribution in [0.1, 0.15) is 23.0 Å². The van der Waals surface area contributed by atoms with Crippen LogP contribution in [-0.2, 0) is 6.54 Å². The van der Waals surface area contributed by atoms with Gasteiger partial charge in [-0.3, -0.25) is 14.7 Å². The van der Waals surface area contributed by atoms with Gasteiger partial charge in [0.2, 0.25) is 0 Å². The van der Waals surface area contributed by atoms with Crippen LogP contribution >= 0.6 is 0 Å². The van der Waals surface area contributed by atoms with E-state index in [0.29, 0.717) is 25.2 Å². The number of hydrogen-bond acceptors (Lipinski definition) is 5. The molecule has 2 amide bonds. The van der Waals surface area contributed by atoms with E-state index in [2.05, 4.69) is 15.0 Å². The summed E-state index contributed by atoms with van der Waals surface area (Å²) in [6.07, 6.45) is 4.75. The van der Waals surface area contributed by atoms with Crippen LogP contribution in [0.4, 0.5) is 4.79 Å². The molecule has 0 bridgehead atoms. The minimum Gasteiger partial charge on any atom is -0.342 e. The van der Waals surface area contributed by atoms with E-state index in [1.54, 1.807) is 23.0 Å². The maximum Gasteiger partial charge on any atom is 0.344 e. The lowest BCUT2D eigenvalue weighted by Crippen LogP contribution is -2.49. The van der Waals surface area contributed by atoms with Crippen molar-refractivity contribution >= 4 is 11.9 Å². The van der Waals surface area contributed by atoms with Gasteiger partial charge in [0, 0.05) is 58.7 Å². The number of nitrogens with zero attached hydrogens (tertiary/aromatic N) is 6. The summed E-state index contributed by atoms with van der Waals surface area (Å²) in [5.74, 6) is -0.133. The Bertz CT molecular complexity index is 752. The van der Waals surface area contributed by atoms with Crippen molar-refractivity contribution in [1.82, 2.24) is 29.5 Å². The van der Waals surface area contributed by atoms with Gasteiger partial charge in [-0.2, -0.15) is 9.78 Å². The van der Waals surface area contributed by atoms with Gasteiger partial charge in [-0.25, -0.2) is 4.79 Å². The van der Waals surface area contributed by atoms with E-state index in [9.17, 15) is 9.59 Å². The first-order valence-corrected chi connectivity index (χ1v) is 8.80. The molecule has 1 aliphatic heterocycles. The number of carbonyl (C=O) groups is 2. The van der Waals surface area contributed by atoms with Crippen LogP contribution in [0.15, 0.2) is 36.8 Å². The molecule has 0 aromatic carbocycles. The van der Waals surface area contributed by atoms with Crippen LogP contribution in [0.3, 0.4) is 0 Å². The molecule has 1 fully saturated rings. The quantitative estimate of drug-likeness (QED) is 0.822. The number of aromatic nitrogens is 3. The highest BCUT2D eigenvalue weighted by atomic mass is 16.2. The van der Waals surface area contributed by atoms with Crippen molar-refractivity contribution in [1.29, 1.82) is 0 Å². The molecule has 3 rings (SSSR count). The molecule has 0 saturated carbocycles. The van der Waals surface area contributed by atoms with Crippen LogP contribution in [0.5, 0.6) is 0 Å². The van der Waals surface area contributed by atoms with Gasteiger partial charge in [0.25, 0.3) is 5.91 Å². The highest BCUT2D eigenvalue weighted by Gasteiger charge is 2.24. The van der Waals surface area contributed by atoms with Crippen LogP contribution < -0.4 is 0 Å². The summed E-state index contributed by atoms with van der Waals surface area (Å²) in [6, 6.07) is 5.70. The van der Waals surface area contributed by atoms with Gasteiger partial charge in [0.05, 0.1) is 17.5 Å². The summed E-state index contributed by atoms with van der Waals surface area (Å²) in [5.41, 5.74) is 1.46. The van der Waals surface area contributed by atoms with E-state index >= 15 is 0 Å². The fourth-order valence-corrected chi connectivity index (χ4v) is 2.86. The molecule has 0 atom stereocenters. The van der Waals surface area contributed by atoms with Crippen molar-refractivity contribution in [3.63, 3.8) is 0 Å². The van der Waals surface area contributed by atoms with Gasteiger partial charge >= 0.3 is 6.03 Å². The summed E-state index contributed by atoms with van der Waals surface area (Å²) in [7, 11) is 1.72. The largest absolute Gasteiger partial charge is 0.344 e. The smallest absolute Gasteiger partial charge is 0.342 e. The lowest BCUT2D eigenvalue weighted by molar-refractivity contribution is 0.0802. The third kappa shape index (κ3) is 4.08. The second kappa shape index (κ2) is 8.09. The van der Waals surface area contributed by atoms with Crippen LogP contribution in [0.2, 0.25) is 0 Å².